The first kappa shape index (κ1) is 13.0. The third kappa shape index (κ3) is 3.53. The third-order valence-corrected chi connectivity index (χ3v) is 2.68. The number of hydrogen-bond acceptors (Lipinski definition) is 2. The van der Waals surface area contributed by atoms with Crippen LogP contribution in [0.4, 0.5) is 0 Å². The molecule has 0 amide bonds. The van der Waals surface area contributed by atoms with Gasteiger partial charge < -0.3 is 10.1 Å². The van der Waals surface area contributed by atoms with Gasteiger partial charge in [0.15, 0.2) is 0 Å². The predicted molar refractivity (Wildman–Crippen MR) is 69.1 cm³/mol. The third-order valence-electron chi connectivity index (χ3n) is 2.68. The molecule has 0 saturated heterocycles. The molecule has 0 aliphatic rings. The van der Waals surface area contributed by atoms with Gasteiger partial charge in [-0.2, -0.15) is 0 Å². The summed E-state index contributed by atoms with van der Waals surface area (Å²) in [6.07, 6.45) is 1.18. The van der Waals surface area contributed by atoms with Gasteiger partial charge in [0.05, 0.1) is 6.61 Å². The number of benzene rings is 1. The summed E-state index contributed by atoms with van der Waals surface area (Å²) < 4.78 is 5.58. The largest absolute Gasteiger partial charge is 0.494 e. The van der Waals surface area contributed by atoms with E-state index in [-0.39, 0.29) is 0 Å². The van der Waals surface area contributed by atoms with Gasteiger partial charge in [0.25, 0.3) is 0 Å². The summed E-state index contributed by atoms with van der Waals surface area (Å²) in [6, 6.07) is 4.37. The highest BCUT2D eigenvalue weighted by Gasteiger charge is 2.04. The fourth-order valence-electron chi connectivity index (χ4n) is 1.75. The molecule has 90 valence electrons. The zero-order valence-corrected chi connectivity index (χ0v) is 10.9. The molecule has 2 nitrogen and oxygen atoms in total. The van der Waals surface area contributed by atoms with Gasteiger partial charge in [-0.1, -0.05) is 13.0 Å². The van der Waals surface area contributed by atoms with E-state index in [9.17, 15) is 0 Å². The van der Waals surface area contributed by atoms with Crippen LogP contribution in [0.15, 0.2) is 12.1 Å². The van der Waals surface area contributed by atoms with Crippen molar-refractivity contribution in [2.75, 3.05) is 13.2 Å². The average molecular weight is 221 g/mol. The van der Waals surface area contributed by atoms with Crippen molar-refractivity contribution < 1.29 is 4.74 Å². The highest BCUT2D eigenvalue weighted by Crippen LogP contribution is 2.22. The molecule has 0 radical (unpaired) electrons. The van der Waals surface area contributed by atoms with Gasteiger partial charge in [-0.25, -0.2) is 0 Å². The van der Waals surface area contributed by atoms with E-state index in [2.05, 4.69) is 38.2 Å². The molecule has 1 N–H and O–H groups in total. The molecule has 16 heavy (non-hydrogen) atoms. The van der Waals surface area contributed by atoms with Gasteiger partial charge in [-0.15, -0.1) is 0 Å². The molecule has 0 aromatic heterocycles. The van der Waals surface area contributed by atoms with E-state index in [0.717, 1.165) is 25.4 Å². The number of rotatable bonds is 6. The molecule has 0 saturated carbocycles. The summed E-state index contributed by atoms with van der Waals surface area (Å²) >= 11 is 0. The van der Waals surface area contributed by atoms with Crippen molar-refractivity contribution in [1.82, 2.24) is 5.32 Å². The van der Waals surface area contributed by atoms with Crippen molar-refractivity contribution in [3.8, 4) is 5.75 Å². The van der Waals surface area contributed by atoms with Crippen LogP contribution in [0.1, 0.15) is 37.0 Å². The van der Waals surface area contributed by atoms with E-state index in [4.69, 9.17) is 4.74 Å². The van der Waals surface area contributed by atoms with E-state index in [1.54, 1.807) is 0 Å². The Balaban J connectivity index is 2.75. The lowest BCUT2D eigenvalue weighted by Crippen LogP contribution is -2.14. The fourth-order valence-corrected chi connectivity index (χ4v) is 1.75. The summed E-state index contributed by atoms with van der Waals surface area (Å²) in [4.78, 5) is 0. The van der Waals surface area contributed by atoms with Crippen molar-refractivity contribution in [2.45, 2.75) is 40.7 Å². The molecule has 0 fully saturated rings. The van der Waals surface area contributed by atoms with Crippen LogP contribution in [0.5, 0.6) is 5.75 Å². The van der Waals surface area contributed by atoms with E-state index in [1.807, 2.05) is 6.92 Å². The Hall–Kier alpha value is -1.02. The van der Waals surface area contributed by atoms with Gasteiger partial charge in [-0.05, 0) is 56.5 Å². The standard InChI is InChI=1S/C14H23NO/c1-5-7-15-10-13-8-12(4)14(16-6-2)9-11(13)3/h8-9,15H,5-7,10H2,1-4H3. The Kier molecular flexibility index (Phi) is 5.33. The van der Waals surface area contributed by atoms with Crippen LogP contribution < -0.4 is 10.1 Å². The van der Waals surface area contributed by atoms with Crippen LogP contribution in [0, 0.1) is 13.8 Å². The predicted octanol–water partition coefficient (Wildman–Crippen LogP) is 3.20. The molecular weight excluding hydrogens is 198 g/mol. The highest BCUT2D eigenvalue weighted by atomic mass is 16.5. The quantitative estimate of drug-likeness (QED) is 0.745. The van der Waals surface area contributed by atoms with Crippen LogP contribution in [-0.2, 0) is 6.54 Å². The summed E-state index contributed by atoms with van der Waals surface area (Å²) in [5, 5.41) is 3.43. The molecule has 0 aliphatic heterocycles. The van der Waals surface area contributed by atoms with Crippen LogP contribution in [0.3, 0.4) is 0 Å². The second-order valence-electron chi connectivity index (χ2n) is 4.15. The van der Waals surface area contributed by atoms with Crippen LogP contribution in [-0.4, -0.2) is 13.2 Å². The SMILES string of the molecule is CCCNCc1cc(C)c(OCC)cc1C. The average Bonchev–Trinajstić information content (AvgIpc) is 2.25. The van der Waals surface area contributed by atoms with Gasteiger partial charge in [0.1, 0.15) is 5.75 Å². The van der Waals surface area contributed by atoms with E-state index >= 15 is 0 Å². The second kappa shape index (κ2) is 6.54. The van der Waals surface area contributed by atoms with Crippen molar-refractivity contribution in [3.05, 3.63) is 28.8 Å². The zero-order chi connectivity index (χ0) is 12.0. The second-order valence-corrected chi connectivity index (χ2v) is 4.15. The zero-order valence-electron chi connectivity index (χ0n) is 10.9. The summed E-state index contributed by atoms with van der Waals surface area (Å²) in [7, 11) is 0. The van der Waals surface area contributed by atoms with Crippen molar-refractivity contribution >= 4 is 0 Å². The molecule has 0 unspecified atom stereocenters. The van der Waals surface area contributed by atoms with Crippen molar-refractivity contribution in [2.24, 2.45) is 0 Å². The lowest BCUT2D eigenvalue weighted by Gasteiger charge is -2.13. The van der Waals surface area contributed by atoms with E-state index in [0.29, 0.717) is 0 Å². The van der Waals surface area contributed by atoms with Crippen molar-refractivity contribution in [3.63, 3.8) is 0 Å². The van der Waals surface area contributed by atoms with Crippen LogP contribution >= 0.6 is 0 Å². The fraction of sp³-hybridized carbons (Fsp3) is 0.571. The maximum Gasteiger partial charge on any atom is 0.122 e. The van der Waals surface area contributed by atoms with Gasteiger partial charge >= 0.3 is 0 Å². The molecule has 0 heterocycles. The van der Waals surface area contributed by atoms with Crippen LogP contribution in [0.25, 0.3) is 0 Å². The maximum absolute atomic E-state index is 5.58. The number of hydrogen-bond donors (Lipinski definition) is 1. The smallest absolute Gasteiger partial charge is 0.122 e. The highest BCUT2D eigenvalue weighted by molar-refractivity contribution is 5.41. The first-order valence-electron chi connectivity index (χ1n) is 6.12. The molecule has 1 aromatic carbocycles. The Morgan fingerprint density at radius 2 is 1.88 bits per heavy atom. The number of nitrogens with one attached hydrogen (secondary N) is 1. The minimum atomic E-state index is 0.730. The lowest BCUT2D eigenvalue weighted by atomic mass is 10.0. The van der Waals surface area contributed by atoms with Gasteiger partial charge in [0.2, 0.25) is 0 Å². The first-order valence-corrected chi connectivity index (χ1v) is 6.12. The summed E-state index contributed by atoms with van der Waals surface area (Å²) in [6.45, 7) is 11.2. The minimum Gasteiger partial charge on any atom is -0.494 e. The Morgan fingerprint density at radius 1 is 1.12 bits per heavy atom. The minimum absolute atomic E-state index is 0.730. The summed E-state index contributed by atoms with van der Waals surface area (Å²) in [5.74, 6) is 1.01. The molecule has 0 spiro atoms. The molecule has 0 atom stereocenters. The monoisotopic (exact) mass is 221 g/mol. The lowest BCUT2D eigenvalue weighted by molar-refractivity contribution is 0.337. The number of aryl methyl sites for hydroxylation is 2. The molecule has 0 aliphatic carbocycles. The molecule has 1 rings (SSSR count). The van der Waals surface area contributed by atoms with E-state index < -0.39 is 0 Å². The maximum atomic E-state index is 5.58. The van der Waals surface area contributed by atoms with Gasteiger partial charge in [-0.3, -0.25) is 0 Å². The molecular formula is C14H23NO. The van der Waals surface area contributed by atoms with Crippen molar-refractivity contribution in [1.29, 1.82) is 0 Å². The topological polar surface area (TPSA) is 21.3 Å². The first-order chi connectivity index (χ1) is 7.69. The molecule has 1 aromatic rings. The molecule has 2 heteroatoms. The van der Waals surface area contributed by atoms with Crippen LogP contribution in [0.2, 0.25) is 0 Å². The normalized spacial score (nSPS) is 10.5. The van der Waals surface area contributed by atoms with E-state index in [1.165, 1.54) is 23.1 Å². The Morgan fingerprint density at radius 3 is 2.50 bits per heavy atom. The summed E-state index contributed by atoms with van der Waals surface area (Å²) in [5.41, 5.74) is 3.90. The Bertz CT molecular complexity index is 334. The molecule has 0 bridgehead atoms. The Labute approximate surface area is 99.0 Å². The number of ether oxygens (including phenoxy) is 1. The van der Waals surface area contributed by atoms with Gasteiger partial charge in [0, 0.05) is 6.54 Å².